The highest BCUT2D eigenvalue weighted by Gasteiger charge is 2.70. The molecule has 2 N–H and O–H groups in total. The van der Waals surface area contributed by atoms with E-state index in [4.69, 9.17) is 27.9 Å². The number of carbonyl (C=O) groups excluding carboxylic acids is 2. The molecule has 0 aliphatic heterocycles. The van der Waals surface area contributed by atoms with Crippen LogP contribution in [0, 0.1) is 5.82 Å². The van der Waals surface area contributed by atoms with Crippen LogP contribution in [-0.4, -0.2) is 29.5 Å². The van der Waals surface area contributed by atoms with E-state index < -0.39 is 11.2 Å². The standard InChI is InChI=1S/C23H21Cl2FN2O3/c24-15-3-1-14(2-4-15)23(7-8-23)20(30)28-22-11-21(12-22,13-22)27-19(29)10-31-16-5-6-17(25)18(26)9-16/h1-6,9H,7-8,10-13H2,(H,27,29)(H,28,30). The lowest BCUT2D eigenvalue weighted by molar-refractivity contribution is -0.151. The third kappa shape index (κ3) is 3.66. The van der Waals surface area contributed by atoms with Gasteiger partial charge in [0.2, 0.25) is 5.91 Å². The molecule has 2 aromatic carbocycles. The summed E-state index contributed by atoms with van der Waals surface area (Å²) in [6.07, 6.45) is 3.80. The average molecular weight is 463 g/mol. The number of hydrogen-bond acceptors (Lipinski definition) is 3. The van der Waals surface area contributed by atoms with Crippen molar-refractivity contribution in [1.82, 2.24) is 10.6 Å². The van der Waals surface area contributed by atoms with Crippen LogP contribution in [0.3, 0.4) is 0 Å². The second-order valence-corrected chi connectivity index (χ2v) is 9.89. The van der Waals surface area contributed by atoms with E-state index in [2.05, 4.69) is 10.6 Å². The molecule has 8 heteroatoms. The quantitative estimate of drug-likeness (QED) is 0.649. The summed E-state index contributed by atoms with van der Waals surface area (Å²) < 4.78 is 18.8. The van der Waals surface area contributed by atoms with Gasteiger partial charge in [-0.3, -0.25) is 9.59 Å². The fraction of sp³-hybridized carbons (Fsp3) is 0.391. The topological polar surface area (TPSA) is 67.4 Å². The Morgan fingerprint density at radius 2 is 1.61 bits per heavy atom. The second kappa shape index (κ2) is 7.10. The highest BCUT2D eigenvalue weighted by Crippen LogP contribution is 2.61. The Morgan fingerprint density at radius 3 is 2.23 bits per heavy atom. The fourth-order valence-corrected chi connectivity index (χ4v) is 5.25. The molecule has 4 aliphatic carbocycles. The van der Waals surface area contributed by atoms with Gasteiger partial charge in [0.1, 0.15) is 11.6 Å². The minimum atomic E-state index is -0.594. The number of carbonyl (C=O) groups is 2. The minimum Gasteiger partial charge on any atom is -0.484 e. The number of hydrogen-bond donors (Lipinski definition) is 2. The number of amides is 2. The molecule has 0 heterocycles. The fourth-order valence-electron chi connectivity index (χ4n) is 5.00. The van der Waals surface area contributed by atoms with Gasteiger partial charge in [0.05, 0.1) is 10.4 Å². The van der Waals surface area contributed by atoms with E-state index in [-0.39, 0.29) is 40.3 Å². The first kappa shape index (κ1) is 20.6. The summed E-state index contributed by atoms with van der Waals surface area (Å²) in [5.74, 6) is -0.559. The van der Waals surface area contributed by atoms with Crippen LogP contribution < -0.4 is 15.4 Å². The maximum atomic E-state index is 13.5. The highest BCUT2D eigenvalue weighted by molar-refractivity contribution is 6.31. The summed E-state index contributed by atoms with van der Waals surface area (Å²) in [7, 11) is 0. The lowest BCUT2D eigenvalue weighted by atomic mass is 9.44. The average Bonchev–Trinajstić information content (AvgIpc) is 3.49. The molecule has 5 nitrogen and oxygen atoms in total. The highest BCUT2D eigenvalue weighted by atomic mass is 35.5. The van der Waals surface area contributed by atoms with E-state index in [1.165, 1.54) is 12.1 Å². The summed E-state index contributed by atoms with van der Waals surface area (Å²) in [5, 5.41) is 6.89. The zero-order chi connectivity index (χ0) is 21.9. The Hall–Kier alpha value is -2.31. The van der Waals surface area contributed by atoms with Crippen LogP contribution in [0.5, 0.6) is 5.75 Å². The van der Waals surface area contributed by atoms with E-state index >= 15 is 0 Å². The van der Waals surface area contributed by atoms with Gasteiger partial charge in [0.15, 0.2) is 6.61 Å². The Morgan fingerprint density at radius 1 is 0.968 bits per heavy atom. The minimum absolute atomic E-state index is 0.00190. The Kier molecular flexibility index (Phi) is 4.72. The smallest absolute Gasteiger partial charge is 0.258 e. The van der Waals surface area contributed by atoms with Gasteiger partial charge in [-0.2, -0.15) is 0 Å². The van der Waals surface area contributed by atoms with Crippen LogP contribution in [0.15, 0.2) is 42.5 Å². The van der Waals surface area contributed by atoms with Crippen molar-refractivity contribution in [2.75, 3.05) is 6.61 Å². The van der Waals surface area contributed by atoms with Crippen molar-refractivity contribution in [1.29, 1.82) is 0 Å². The van der Waals surface area contributed by atoms with Crippen molar-refractivity contribution in [3.63, 3.8) is 0 Å². The van der Waals surface area contributed by atoms with Crippen molar-refractivity contribution in [3.8, 4) is 5.75 Å². The molecule has 4 aliphatic rings. The molecule has 0 spiro atoms. The van der Waals surface area contributed by atoms with E-state index in [1.54, 1.807) is 0 Å². The van der Waals surface area contributed by atoms with Gasteiger partial charge >= 0.3 is 0 Å². The maximum absolute atomic E-state index is 13.5. The molecular weight excluding hydrogens is 442 g/mol. The Bertz CT molecular complexity index is 1050. The predicted molar refractivity (Wildman–Crippen MR) is 115 cm³/mol. The van der Waals surface area contributed by atoms with Gasteiger partial charge in [-0.1, -0.05) is 35.3 Å². The molecule has 31 heavy (non-hydrogen) atoms. The van der Waals surface area contributed by atoms with Crippen LogP contribution >= 0.6 is 23.2 Å². The summed E-state index contributed by atoms with van der Waals surface area (Å²) in [5.41, 5.74) is 0.0421. The lowest BCUT2D eigenvalue weighted by Crippen LogP contribution is -2.84. The number of halogens is 3. The van der Waals surface area contributed by atoms with Crippen molar-refractivity contribution < 1.29 is 18.7 Å². The lowest BCUT2D eigenvalue weighted by Gasteiger charge is -2.70. The van der Waals surface area contributed by atoms with Crippen LogP contribution in [0.25, 0.3) is 0 Å². The molecule has 0 saturated heterocycles. The predicted octanol–water partition coefficient (Wildman–Crippen LogP) is 4.15. The SMILES string of the molecule is O=C(COc1ccc(Cl)c(F)c1)NC12CC(NC(=O)C3(c4ccc(Cl)cc4)CC3)(C1)C2. The Labute approximate surface area is 189 Å². The zero-order valence-electron chi connectivity index (χ0n) is 16.6. The van der Waals surface area contributed by atoms with Gasteiger partial charge in [-0.25, -0.2) is 4.39 Å². The molecule has 2 bridgehead atoms. The van der Waals surface area contributed by atoms with E-state index in [0.29, 0.717) is 24.3 Å². The number of rotatable bonds is 7. The number of nitrogens with one attached hydrogen (secondary N) is 2. The van der Waals surface area contributed by atoms with Crippen molar-refractivity contribution >= 4 is 35.0 Å². The van der Waals surface area contributed by atoms with E-state index in [9.17, 15) is 14.0 Å². The molecule has 2 amide bonds. The van der Waals surface area contributed by atoms with Gasteiger partial charge in [-0.05, 0) is 61.9 Å². The van der Waals surface area contributed by atoms with Crippen molar-refractivity contribution in [3.05, 3.63) is 63.9 Å². The van der Waals surface area contributed by atoms with Gasteiger partial charge in [0.25, 0.3) is 5.91 Å². The summed E-state index contributed by atoms with van der Waals surface area (Å²) in [6, 6.07) is 11.5. The molecule has 0 atom stereocenters. The van der Waals surface area contributed by atoms with Crippen molar-refractivity contribution in [2.45, 2.75) is 48.6 Å². The maximum Gasteiger partial charge on any atom is 0.258 e. The van der Waals surface area contributed by atoms with Crippen LogP contribution in [-0.2, 0) is 15.0 Å². The second-order valence-electron chi connectivity index (χ2n) is 9.05. The summed E-state index contributed by atoms with van der Waals surface area (Å²) in [4.78, 5) is 25.2. The van der Waals surface area contributed by atoms with Gasteiger partial charge in [-0.15, -0.1) is 0 Å². The third-order valence-corrected chi connectivity index (χ3v) is 7.21. The monoisotopic (exact) mass is 462 g/mol. The first-order valence-electron chi connectivity index (χ1n) is 10.2. The molecule has 162 valence electrons. The van der Waals surface area contributed by atoms with Crippen LogP contribution in [0.2, 0.25) is 10.0 Å². The molecule has 4 fully saturated rings. The third-order valence-electron chi connectivity index (χ3n) is 6.66. The zero-order valence-corrected chi connectivity index (χ0v) is 18.2. The number of ether oxygens (including phenoxy) is 1. The molecule has 0 radical (unpaired) electrons. The molecule has 0 unspecified atom stereocenters. The molecule has 4 saturated carbocycles. The normalized spacial score (nSPS) is 26.8. The van der Waals surface area contributed by atoms with Crippen LogP contribution in [0.1, 0.15) is 37.7 Å². The summed E-state index contributed by atoms with van der Waals surface area (Å²) in [6.45, 7) is -0.206. The molecular formula is C23H21Cl2FN2O3. The first-order valence-corrected chi connectivity index (χ1v) is 11.0. The van der Waals surface area contributed by atoms with Gasteiger partial charge < -0.3 is 15.4 Å². The van der Waals surface area contributed by atoms with Crippen molar-refractivity contribution in [2.24, 2.45) is 0 Å². The Balaban J connectivity index is 1.11. The summed E-state index contributed by atoms with van der Waals surface area (Å²) >= 11 is 11.6. The van der Waals surface area contributed by atoms with Crippen LogP contribution in [0.4, 0.5) is 4.39 Å². The van der Waals surface area contributed by atoms with E-state index in [0.717, 1.165) is 24.5 Å². The first-order chi connectivity index (χ1) is 14.7. The largest absolute Gasteiger partial charge is 0.484 e. The van der Waals surface area contributed by atoms with Gasteiger partial charge in [0, 0.05) is 22.2 Å². The molecule has 6 rings (SSSR count). The molecule has 2 aromatic rings. The number of benzene rings is 2. The molecule has 0 aromatic heterocycles. The van der Waals surface area contributed by atoms with E-state index in [1.807, 2.05) is 24.3 Å².